The standard InChI is InChI=1S/C15H20BrN5OS/c1-9(13(22)18-15(2,3)4)23-14-20-19-12(21(14)17)10-6-5-7-11(16)8-10/h5-9H,17H2,1-4H3,(H,18,22)/t9-/m0/s1. The second-order valence-corrected chi connectivity index (χ2v) is 8.41. The lowest BCUT2D eigenvalue weighted by atomic mass is 10.1. The van der Waals surface area contributed by atoms with Crippen molar-refractivity contribution in [3.05, 3.63) is 28.7 Å². The minimum Gasteiger partial charge on any atom is -0.351 e. The average Bonchev–Trinajstić information content (AvgIpc) is 2.78. The fraction of sp³-hybridized carbons (Fsp3) is 0.400. The van der Waals surface area contributed by atoms with Crippen molar-refractivity contribution in [2.45, 2.75) is 43.6 Å². The summed E-state index contributed by atoms with van der Waals surface area (Å²) in [6.45, 7) is 7.65. The molecule has 1 atom stereocenters. The molecule has 0 radical (unpaired) electrons. The van der Waals surface area contributed by atoms with Crippen molar-refractivity contribution in [1.29, 1.82) is 0 Å². The maximum Gasteiger partial charge on any atom is 0.233 e. The number of benzene rings is 1. The van der Waals surface area contributed by atoms with Crippen LogP contribution < -0.4 is 11.2 Å². The molecule has 2 rings (SSSR count). The van der Waals surface area contributed by atoms with Gasteiger partial charge in [-0.2, -0.15) is 0 Å². The van der Waals surface area contributed by atoms with Crippen molar-refractivity contribution in [2.24, 2.45) is 0 Å². The number of nitrogens with one attached hydrogen (secondary N) is 1. The molecule has 3 N–H and O–H groups in total. The molecule has 1 aromatic heterocycles. The van der Waals surface area contributed by atoms with Crippen molar-refractivity contribution in [1.82, 2.24) is 20.2 Å². The number of carbonyl (C=O) groups excluding carboxylic acids is 1. The maximum atomic E-state index is 12.2. The molecule has 0 aliphatic heterocycles. The van der Waals surface area contributed by atoms with Crippen molar-refractivity contribution in [3.63, 3.8) is 0 Å². The first kappa shape index (κ1) is 17.8. The molecule has 0 aliphatic carbocycles. The van der Waals surface area contributed by atoms with E-state index in [0.717, 1.165) is 10.0 Å². The fourth-order valence-electron chi connectivity index (χ4n) is 1.86. The predicted molar refractivity (Wildman–Crippen MR) is 96.5 cm³/mol. The van der Waals surface area contributed by atoms with Gasteiger partial charge in [0.2, 0.25) is 11.1 Å². The van der Waals surface area contributed by atoms with Crippen LogP contribution >= 0.6 is 27.7 Å². The largest absolute Gasteiger partial charge is 0.351 e. The van der Waals surface area contributed by atoms with E-state index >= 15 is 0 Å². The number of amides is 1. The van der Waals surface area contributed by atoms with Gasteiger partial charge in [0.1, 0.15) is 0 Å². The highest BCUT2D eigenvalue weighted by Crippen LogP contribution is 2.26. The minimum atomic E-state index is -0.323. The smallest absolute Gasteiger partial charge is 0.233 e. The highest BCUT2D eigenvalue weighted by atomic mass is 79.9. The van der Waals surface area contributed by atoms with Gasteiger partial charge in [-0.15, -0.1) is 10.2 Å². The SMILES string of the molecule is C[C@H](Sc1nnc(-c2cccc(Br)c2)n1N)C(=O)NC(C)(C)C. The molecule has 0 saturated heterocycles. The Bertz CT molecular complexity index is 710. The van der Waals surface area contributed by atoms with E-state index < -0.39 is 0 Å². The van der Waals surface area contributed by atoms with Gasteiger partial charge in [0.25, 0.3) is 0 Å². The second kappa shape index (κ2) is 6.92. The number of nitrogens with two attached hydrogens (primary N) is 1. The lowest BCUT2D eigenvalue weighted by molar-refractivity contribution is -0.121. The van der Waals surface area contributed by atoms with E-state index in [9.17, 15) is 4.79 Å². The number of thioether (sulfide) groups is 1. The normalized spacial score (nSPS) is 12.9. The number of rotatable bonds is 4. The Morgan fingerprint density at radius 3 is 2.70 bits per heavy atom. The van der Waals surface area contributed by atoms with Gasteiger partial charge in [0.15, 0.2) is 5.82 Å². The van der Waals surface area contributed by atoms with E-state index in [0.29, 0.717) is 11.0 Å². The number of hydrogen-bond donors (Lipinski definition) is 2. The molecule has 23 heavy (non-hydrogen) atoms. The molecule has 0 saturated carbocycles. The molecule has 1 heterocycles. The molecule has 6 nitrogen and oxygen atoms in total. The van der Waals surface area contributed by atoms with Crippen LogP contribution in [0.5, 0.6) is 0 Å². The third kappa shape index (κ3) is 4.71. The molecule has 1 aromatic carbocycles. The summed E-state index contributed by atoms with van der Waals surface area (Å²) < 4.78 is 2.35. The Labute approximate surface area is 148 Å². The van der Waals surface area contributed by atoms with E-state index in [2.05, 4.69) is 31.4 Å². The second-order valence-electron chi connectivity index (χ2n) is 6.19. The summed E-state index contributed by atoms with van der Waals surface area (Å²) in [5.41, 5.74) is 0.581. The topological polar surface area (TPSA) is 85.8 Å². The zero-order valence-corrected chi connectivity index (χ0v) is 15.9. The molecule has 8 heteroatoms. The highest BCUT2D eigenvalue weighted by molar-refractivity contribution is 9.10. The number of aromatic nitrogens is 3. The molecule has 1 amide bonds. The van der Waals surface area contributed by atoms with Crippen LogP contribution in [-0.2, 0) is 4.79 Å². The average molecular weight is 398 g/mol. The highest BCUT2D eigenvalue weighted by Gasteiger charge is 2.23. The van der Waals surface area contributed by atoms with Crippen LogP contribution in [0.1, 0.15) is 27.7 Å². The van der Waals surface area contributed by atoms with Gasteiger partial charge in [-0.05, 0) is 39.8 Å². The van der Waals surface area contributed by atoms with Gasteiger partial charge >= 0.3 is 0 Å². The first-order chi connectivity index (χ1) is 10.7. The van der Waals surface area contributed by atoms with Gasteiger partial charge in [0.05, 0.1) is 5.25 Å². The van der Waals surface area contributed by atoms with Gasteiger partial charge in [-0.25, -0.2) is 4.68 Å². The van der Waals surface area contributed by atoms with Crippen LogP contribution in [0.15, 0.2) is 33.9 Å². The molecule has 124 valence electrons. The molecule has 0 bridgehead atoms. The van der Waals surface area contributed by atoms with Crippen molar-refractivity contribution in [3.8, 4) is 11.4 Å². The van der Waals surface area contributed by atoms with Crippen molar-refractivity contribution >= 4 is 33.6 Å². The summed E-state index contributed by atoms with van der Waals surface area (Å²) in [4.78, 5) is 12.2. The Hall–Kier alpha value is -1.54. The first-order valence-corrected chi connectivity index (χ1v) is 8.80. The van der Waals surface area contributed by atoms with E-state index in [1.165, 1.54) is 16.4 Å². The van der Waals surface area contributed by atoms with Crippen molar-refractivity contribution < 1.29 is 4.79 Å². The number of carbonyl (C=O) groups is 1. The lowest BCUT2D eigenvalue weighted by Gasteiger charge is -2.22. The lowest BCUT2D eigenvalue weighted by Crippen LogP contribution is -2.44. The zero-order chi connectivity index (χ0) is 17.2. The monoisotopic (exact) mass is 397 g/mol. The molecule has 2 aromatic rings. The Balaban J connectivity index is 2.15. The molecule has 0 unspecified atom stereocenters. The van der Waals surface area contributed by atoms with E-state index in [1.54, 1.807) is 0 Å². The summed E-state index contributed by atoms with van der Waals surface area (Å²) in [7, 11) is 0. The van der Waals surface area contributed by atoms with Gasteiger partial charge in [-0.1, -0.05) is 39.8 Å². The molecule has 0 aliphatic rings. The number of hydrogen-bond acceptors (Lipinski definition) is 5. The zero-order valence-electron chi connectivity index (χ0n) is 13.5. The number of nitrogen functional groups attached to an aromatic ring is 1. The van der Waals surface area contributed by atoms with Crippen molar-refractivity contribution in [2.75, 3.05) is 5.84 Å². The van der Waals surface area contributed by atoms with Crippen LogP contribution in [0.4, 0.5) is 0 Å². The van der Waals surface area contributed by atoms with Crippen LogP contribution in [0, 0.1) is 0 Å². The summed E-state index contributed by atoms with van der Waals surface area (Å²) in [6, 6.07) is 7.65. The molecular weight excluding hydrogens is 378 g/mol. The first-order valence-electron chi connectivity index (χ1n) is 7.12. The maximum absolute atomic E-state index is 12.2. The van der Waals surface area contributed by atoms with Crippen LogP contribution in [0.25, 0.3) is 11.4 Å². The van der Waals surface area contributed by atoms with Gasteiger partial charge < -0.3 is 11.2 Å². The Kier molecular flexibility index (Phi) is 5.36. The third-order valence-electron chi connectivity index (χ3n) is 2.90. The molecule has 0 spiro atoms. The quantitative estimate of drug-likeness (QED) is 0.611. The fourth-order valence-corrected chi connectivity index (χ4v) is 3.03. The van der Waals surface area contributed by atoms with E-state index in [4.69, 9.17) is 5.84 Å². The molecule has 0 fully saturated rings. The predicted octanol–water partition coefficient (Wildman–Crippen LogP) is 2.82. The Morgan fingerprint density at radius 2 is 2.09 bits per heavy atom. The minimum absolute atomic E-state index is 0.0606. The summed E-state index contributed by atoms with van der Waals surface area (Å²) in [5.74, 6) is 6.58. The van der Waals surface area contributed by atoms with E-state index in [1.807, 2.05) is 52.0 Å². The summed E-state index contributed by atoms with van der Waals surface area (Å²) in [5, 5.41) is 11.3. The molecular formula is C15H20BrN5OS. The van der Waals surface area contributed by atoms with Gasteiger partial charge in [0, 0.05) is 15.6 Å². The van der Waals surface area contributed by atoms with Crippen LogP contribution in [-0.4, -0.2) is 31.6 Å². The number of halogens is 1. The summed E-state index contributed by atoms with van der Waals surface area (Å²) >= 11 is 4.70. The van der Waals surface area contributed by atoms with E-state index in [-0.39, 0.29) is 16.7 Å². The van der Waals surface area contributed by atoms with Crippen LogP contribution in [0.2, 0.25) is 0 Å². The van der Waals surface area contributed by atoms with Gasteiger partial charge in [-0.3, -0.25) is 4.79 Å². The number of nitrogens with zero attached hydrogens (tertiary/aromatic N) is 3. The Morgan fingerprint density at radius 1 is 1.39 bits per heavy atom. The summed E-state index contributed by atoms with van der Waals surface area (Å²) in [6.07, 6.45) is 0. The third-order valence-corrected chi connectivity index (χ3v) is 4.45. The van der Waals surface area contributed by atoms with Crippen LogP contribution in [0.3, 0.4) is 0 Å².